The first-order chi connectivity index (χ1) is 22.0. The van der Waals surface area contributed by atoms with E-state index in [-0.39, 0.29) is 17.7 Å². The maximum atomic E-state index is 15.0. The van der Waals surface area contributed by atoms with Gasteiger partial charge in [0.15, 0.2) is 11.9 Å². The molecule has 9 atom stereocenters. The van der Waals surface area contributed by atoms with Gasteiger partial charge in [0.1, 0.15) is 11.2 Å². The van der Waals surface area contributed by atoms with Crippen molar-refractivity contribution < 1.29 is 39.2 Å². The number of hydrogen-bond acceptors (Lipinski definition) is 8. The largest absolute Gasteiger partial charge is 0.458 e. The van der Waals surface area contributed by atoms with Gasteiger partial charge in [-0.15, -0.1) is 0 Å². The van der Waals surface area contributed by atoms with Crippen LogP contribution >= 0.6 is 0 Å². The average Bonchev–Trinajstić information content (AvgIpc) is 3.16. The van der Waals surface area contributed by atoms with Gasteiger partial charge in [0, 0.05) is 23.8 Å². The highest BCUT2D eigenvalue weighted by Crippen LogP contribution is 2.69. The summed E-state index contributed by atoms with van der Waals surface area (Å²) in [6.45, 7) is 14.9. The number of carbonyl (C=O) groups is 3. The van der Waals surface area contributed by atoms with Crippen LogP contribution in [0.4, 0.5) is 0 Å². The monoisotopic (exact) mass is 658 g/mol. The third kappa shape index (κ3) is 6.52. The van der Waals surface area contributed by atoms with Gasteiger partial charge in [-0.25, -0.2) is 0 Å². The van der Waals surface area contributed by atoms with Gasteiger partial charge in [-0.3, -0.25) is 14.4 Å². The van der Waals surface area contributed by atoms with Gasteiger partial charge in [0.2, 0.25) is 0 Å². The molecule has 0 aromatic heterocycles. The molecule has 2 fully saturated rings. The molecule has 4 rings (SSSR count). The summed E-state index contributed by atoms with van der Waals surface area (Å²) < 4.78 is 12.4. The molecular weight excluding hydrogens is 596 g/mol. The van der Waals surface area contributed by atoms with Gasteiger partial charge in [0.05, 0.1) is 24.0 Å². The number of unbranched alkanes of at least 4 members (excludes halogenated alkanes) is 8. The minimum Gasteiger partial charge on any atom is -0.458 e. The summed E-state index contributed by atoms with van der Waals surface area (Å²) in [6.07, 6.45) is 11.9. The Kier molecular flexibility index (Phi) is 11.6. The van der Waals surface area contributed by atoms with E-state index in [2.05, 4.69) is 20.8 Å². The number of Topliss-reactive ketones (excluding diaryl/α,β-unsaturated/α-hetero) is 1. The molecule has 0 radical (unpaired) electrons. The number of hydrogen-bond donors (Lipinski definition) is 3. The van der Waals surface area contributed by atoms with Crippen molar-refractivity contribution in [2.24, 2.45) is 40.4 Å². The van der Waals surface area contributed by atoms with Crippen molar-refractivity contribution in [1.82, 2.24) is 0 Å². The van der Waals surface area contributed by atoms with Crippen LogP contribution in [0, 0.1) is 40.4 Å². The first kappa shape index (κ1) is 37.8. The molecule has 0 aliphatic heterocycles. The van der Waals surface area contributed by atoms with Crippen molar-refractivity contribution >= 4 is 17.7 Å². The molecule has 2 unspecified atom stereocenters. The maximum Gasteiger partial charge on any atom is 0.309 e. The van der Waals surface area contributed by atoms with Gasteiger partial charge in [-0.05, 0) is 49.0 Å². The lowest BCUT2D eigenvalue weighted by molar-refractivity contribution is -0.227. The zero-order valence-electron chi connectivity index (χ0n) is 30.3. The van der Waals surface area contributed by atoms with Crippen molar-refractivity contribution in [2.75, 3.05) is 6.61 Å². The SMILES string of the molecule is CCCCCCCCCCCC(=O)O[C@@]12C[C@@H](C)[C@]34C=C(C)[C@H](OC(=O)C(C)C(C)C)[C@@]3(O)[C@H](O)C(CO)C=C(C4=O)[C@@H]1C(C)(C)C2. The van der Waals surface area contributed by atoms with Crippen molar-refractivity contribution in [3.8, 4) is 0 Å². The second kappa shape index (κ2) is 14.4. The van der Waals surface area contributed by atoms with Gasteiger partial charge < -0.3 is 24.8 Å². The van der Waals surface area contributed by atoms with Crippen LogP contribution in [0.15, 0.2) is 23.3 Å². The van der Waals surface area contributed by atoms with Gasteiger partial charge in [-0.2, -0.15) is 0 Å². The van der Waals surface area contributed by atoms with E-state index in [1.54, 1.807) is 26.0 Å². The van der Waals surface area contributed by atoms with E-state index in [0.717, 1.165) is 19.3 Å². The minimum atomic E-state index is -2.23. The topological polar surface area (TPSA) is 130 Å². The molecule has 0 saturated heterocycles. The minimum absolute atomic E-state index is 0.0179. The first-order valence-corrected chi connectivity index (χ1v) is 18.4. The Morgan fingerprint density at radius 3 is 2.17 bits per heavy atom. The standard InChI is InChI=1S/C39H62O8/c1-9-10-11-12-13-14-15-16-17-18-30(41)47-37-21-26(5)38-20-25(4)34(46-35(44)27(6)24(2)3)39(38,45)32(42)28(22-40)19-29(33(38)43)31(37)36(7,8)23-37/h19-20,24,26-28,31-32,34,40,42,45H,9-18,21-23H2,1-8H3/t26-,27?,28?,31-,32-,34+,37-,38+,39+/m1/s1. The van der Waals surface area contributed by atoms with Crippen LogP contribution < -0.4 is 0 Å². The number of carbonyl (C=O) groups excluding carboxylic acids is 3. The highest BCUT2D eigenvalue weighted by Gasteiger charge is 2.77. The number of esters is 2. The Morgan fingerprint density at radius 2 is 1.62 bits per heavy atom. The van der Waals surface area contributed by atoms with E-state index in [1.807, 2.05) is 20.8 Å². The summed E-state index contributed by atoms with van der Waals surface area (Å²) in [5.41, 5.74) is -4.39. The smallest absolute Gasteiger partial charge is 0.309 e. The van der Waals surface area contributed by atoms with Crippen molar-refractivity contribution in [1.29, 1.82) is 0 Å². The molecule has 4 aliphatic carbocycles. The van der Waals surface area contributed by atoms with Crippen LogP contribution in [0.5, 0.6) is 0 Å². The average molecular weight is 659 g/mol. The molecule has 47 heavy (non-hydrogen) atoms. The lowest BCUT2D eigenvalue weighted by atomic mass is 9.49. The number of fused-ring (bicyclic) bond motifs is 3. The Labute approximate surface area is 282 Å². The zero-order valence-corrected chi connectivity index (χ0v) is 30.3. The van der Waals surface area contributed by atoms with Crippen LogP contribution in [0.2, 0.25) is 0 Å². The predicted molar refractivity (Wildman–Crippen MR) is 181 cm³/mol. The third-order valence-corrected chi connectivity index (χ3v) is 12.2. The van der Waals surface area contributed by atoms with Gasteiger partial charge in [-0.1, -0.05) is 112 Å². The second-order valence-corrected chi connectivity index (χ2v) is 16.5. The highest BCUT2D eigenvalue weighted by atomic mass is 16.6. The van der Waals surface area contributed by atoms with Crippen LogP contribution in [-0.4, -0.2) is 63.1 Å². The van der Waals surface area contributed by atoms with E-state index in [4.69, 9.17) is 9.47 Å². The molecule has 0 amide bonds. The number of aliphatic hydroxyl groups is 3. The molecule has 4 aliphatic rings. The molecule has 8 heteroatoms. The maximum absolute atomic E-state index is 15.0. The van der Waals surface area contributed by atoms with E-state index in [9.17, 15) is 24.9 Å². The quantitative estimate of drug-likeness (QED) is 0.102. The summed E-state index contributed by atoms with van der Waals surface area (Å²) in [7, 11) is 0. The van der Waals surface area contributed by atoms with Crippen molar-refractivity contribution in [2.45, 2.75) is 156 Å². The van der Waals surface area contributed by atoms with Crippen LogP contribution in [0.25, 0.3) is 0 Å². The molecule has 0 aromatic rings. The van der Waals surface area contributed by atoms with Gasteiger partial charge >= 0.3 is 11.9 Å². The molecular formula is C39H62O8. The predicted octanol–water partition coefficient (Wildman–Crippen LogP) is 6.64. The summed E-state index contributed by atoms with van der Waals surface area (Å²) in [5.74, 6) is -3.70. The molecule has 8 nitrogen and oxygen atoms in total. The van der Waals surface area contributed by atoms with E-state index in [1.165, 1.54) is 38.5 Å². The van der Waals surface area contributed by atoms with E-state index < -0.39 is 70.5 Å². The summed E-state index contributed by atoms with van der Waals surface area (Å²) in [6, 6.07) is 0. The Morgan fingerprint density at radius 1 is 1.02 bits per heavy atom. The second-order valence-electron chi connectivity index (χ2n) is 16.5. The molecule has 0 aromatic carbocycles. The lowest BCUT2D eigenvalue weighted by Gasteiger charge is -2.60. The fourth-order valence-electron chi connectivity index (χ4n) is 9.67. The molecule has 266 valence electrons. The summed E-state index contributed by atoms with van der Waals surface area (Å²) in [4.78, 5) is 41.7. The molecule has 3 N–H and O–H groups in total. The highest BCUT2D eigenvalue weighted by molar-refractivity contribution is 6.05. The number of ether oxygens (including phenoxy) is 2. The molecule has 1 spiro atoms. The fraction of sp³-hybridized carbons (Fsp3) is 0.821. The van der Waals surface area contributed by atoms with Crippen molar-refractivity contribution in [3.63, 3.8) is 0 Å². The number of aliphatic hydroxyl groups excluding tert-OH is 2. The molecule has 2 saturated carbocycles. The molecule has 2 bridgehead atoms. The van der Waals surface area contributed by atoms with Crippen LogP contribution in [0.1, 0.15) is 132 Å². The Balaban J connectivity index is 1.63. The van der Waals surface area contributed by atoms with Gasteiger partial charge in [0.25, 0.3) is 0 Å². The number of rotatable bonds is 15. The Bertz CT molecular complexity index is 1230. The fourth-order valence-corrected chi connectivity index (χ4v) is 9.67. The zero-order chi connectivity index (χ0) is 34.9. The van der Waals surface area contributed by atoms with Crippen LogP contribution in [-0.2, 0) is 23.9 Å². The normalized spacial score (nSPS) is 36.3. The summed E-state index contributed by atoms with van der Waals surface area (Å²) >= 11 is 0. The third-order valence-electron chi connectivity index (χ3n) is 12.2. The summed E-state index contributed by atoms with van der Waals surface area (Å²) in [5, 5.41) is 35.3. The van der Waals surface area contributed by atoms with Crippen LogP contribution in [0.3, 0.4) is 0 Å². The number of ketones is 1. The Hall–Kier alpha value is -2.03. The van der Waals surface area contributed by atoms with E-state index >= 15 is 4.79 Å². The lowest BCUT2D eigenvalue weighted by Crippen LogP contribution is -2.66. The first-order valence-electron chi connectivity index (χ1n) is 18.4. The van der Waals surface area contributed by atoms with E-state index in [0.29, 0.717) is 30.4 Å². The molecule has 0 heterocycles. The van der Waals surface area contributed by atoms with Crippen molar-refractivity contribution in [3.05, 3.63) is 23.3 Å².